The molecule has 0 saturated carbocycles. The smallest absolute Gasteiger partial charge is 0.270 e. The summed E-state index contributed by atoms with van der Waals surface area (Å²) in [6, 6.07) is 15.7. The molecule has 0 bridgehead atoms. The van der Waals surface area contributed by atoms with Crippen LogP contribution < -0.4 is 9.64 Å². The van der Waals surface area contributed by atoms with Crippen molar-refractivity contribution in [1.82, 2.24) is 0 Å². The molecule has 0 aliphatic carbocycles. The van der Waals surface area contributed by atoms with Gasteiger partial charge in [-0.2, -0.15) is 0 Å². The molecule has 1 heterocycles. The highest BCUT2D eigenvalue weighted by molar-refractivity contribution is 8.27. The van der Waals surface area contributed by atoms with Gasteiger partial charge >= 0.3 is 0 Å². The second-order valence-corrected chi connectivity index (χ2v) is 8.99. The van der Waals surface area contributed by atoms with E-state index in [1.54, 1.807) is 4.90 Å². The van der Waals surface area contributed by atoms with Crippen LogP contribution in [0.25, 0.3) is 6.08 Å². The fourth-order valence-corrected chi connectivity index (χ4v) is 4.08. The van der Waals surface area contributed by atoms with Gasteiger partial charge in [-0.25, -0.2) is 0 Å². The molecule has 2 aromatic carbocycles. The minimum Gasteiger partial charge on any atom is -0.494 e. The van der Waals surface area contributed by atoms with Crippen molar-refractivity contribution in [2.45, 2.75) is 33.1 Å². The minimum absolute atomic E-state index is 0.0888. The molecule has 1 amide bonds. The van der Waals surface area contributed by atoms with E-state index in [4.69, 9.17) is 17.0 Å². The molecule has 3 rings (SSSR count). The van der Waals surface area contributed by atoms with E-state index in [0.717, 1.165) is 17.0 Å². The topological polar surface area (TPSA) is 29.5 Å². The quantitative estimate of drug-likeness (QED) is 0.482. The van der Waals surface area contributed by atoms with Crippen molar-refractivity contribution in [1.29, 1.82) is 0 Å². The molecule has 2 aromatic rings. The van der Waals surface area contributed by atoms with Gasteiger partial charge in [0.05, 0.1) is 17.2 Å². The molecular weight excluding hydrogens is 374 g/mol. The van der Waals surface area contributed by atoms with Crippen LogP contribution in [0.2, 0.25) is 0 Å². The van der Waals surface area contributed by atoms with Crippen LogP contribution in [0.3, 0.4) is 0 Å². The predicted octanol–water partition coefficient (Wildman–Crippen LogP) is 5.79. The fraction of sp³-hybridized carbons (Fsp3) is 0.273. The highest BCUT2D eigenvalue weighted by Gasteiger charge is 2.33. The van der Waals surface area contributed by atoms with E-state index >= 15 is 0 Å². The first-order chi connectivity index (χ1) is 12.8. The summed E-state index contributed by atoms with van der Waals surface area (Å²) in [5, 5.41) is 0. The van der Waals surface area contributed by atoms with E-state index in [1.807, 2.05) is 49.4 Å². The Hall–Kier alpha value is -2.11. The Morgan fingerprint density at radius 3 is 2.26 bits per heavy atom. The third-order valence-corrected chi connectivity index (χ3v) is 5.58. The molecule has 0 N–H and O–H groups in total. The van der Waals surface area contributed by atoms with Crippen molar-refractivity contribution in [2.24, 2.45) is 0 Å². The number of rotatable bonds is 4. The number of nitrogens with zero attached hydrogens (tertiary/aromatic N) is 1. The highest BCUT2D eigenvalue weighted by atomic mass is 32.2. The van der Waals surface area contributed by atoms with Gasteiger partial charge in [0.25, 0.3) is 5.91 Å². The molecule has 3 nitrogen and oxygen atoms in total. The summed E-state index contributed by atoms with van der Waals surface area (Å²) in [5.41, 5.74) is 3.12. The highest BCUT2D eigenvalue weighted by Crippen LogP contribution is 2.36. The third kappa shape index (κ3) is 4.42. The molecule has 5 heteroatoms. The SMILES string of the molecule is CCOc1ccc(N2C(=O)/C(=C/c3ccc(C(C)(C)C)cc3)SC2=S)cc1. The second-order valence-electron chi connectivity index (χ2n) is 7.32. The number of hydrogen-bond acceptors (Lipinski definition) is 4. The average molecular weight is 398 g/mol. The molecule has 0 atom stereocenters. The average Bonchev–Trinajstić information content (AvgIpc) is 2.89. The molecule has 1 aliphatic rings. The Morgan fingerprint density at radius 1 is 1.07 bits per heavy atom. The molecule has 1 fully saturated rings. The standard InChI is InChI=1S/C22H23NO2S2/c1-5-25-18-12-10-17(11-13-18)23-20(24)19(27-21(23)26)14-15-6-8-16(9-7-15)22(2,3)4/h6-14H,5H2,1-4H3/b19-14-. The van der Waals surface area contributed by atoms with Gasteiger partial charge in [0.1, 0.15) is 5.75 Å². The minimum atomic E-state index is -0.0888. The number of carbonyl (C=O) groups excluding carboxylic acids is 1. The van der Waals surface area contributed by atoms with E-state index in [1.165, 1.54) is 17.3 Å². The van der Waals surface area contributed by atoms with Gasteiger partial charge in [-0.3, -0.25) is 9.69 Å². The number of anilines is 1. The summed E-state index contributed by atoms with van der Waals surface area (Å²) in [6.45, 7) is 9.10. The predicted molar refractivity (Wildman–Crippen MR) is 118 cm³/mol. The lowest BCUT2D eigenvalue weighted by molar-refractivity contribution is -0.113. The first-order valence-electron chi connectivity index (χ1n) is 8.91. The van der Waals surface area contributed by atoms with E-state index in [2.05, 4.69) is 32.9 Å². The maximum Gasteiger partial charge on any atom is 0.270 e. The lowest BCUT2D eigenvalue weighted by Gasteiger charge is -2.18. The van der Waals surface area contributed by atoms with Crippen molar-refractivity contribution in [3.63, 3.8) is 0 Å². The molecule has 1 aliphatic heterocycles. The Bertz CT molecular complexity index is 878. The number of carbonyl (C=O) groups is 1. The summed E-state index contributed by atoms with van der Waals surface area (Å²) in [7, 11) is 0. The molecular formula is C22H23NO2S2. The van der Waals surface area contributed by atoms with Gasteiger partial charge in [0, 0.05) is 0 Å². The van der Waals surface area contributed by atoms with Crippen molar-refractivity contribution >= 4 is 46.0 Å². The summed E-state index contributed by atoms with van der Waals surface area (Å²) in [6.07, 6.45) is 1.90. The maximum absolute atomic E-state index is 12.9. The molecule has 0 unspecified atom stereocenters. The van der Waals surface area contributed by atoms with E-state index < -0.39 is 0 Å². The van der Waals surface area contributed by atoms with Crippen LogP contribution in [-0.2, 0) is 10.2 Å². The Kier molecular flexibility index (Phi) is 5.72. The Labute approximate surface area is 170 Å². The summed E-state index contributed by atoms with van der Waals surface area (Å²) >= 11 is 6.78. The van der Waals surface area contributed by atoms with E-state index in [0.29, 0.717) is 15.8 Å². The fourth-order valence-electron chi connectivity index (χ4n) is 2.78. The van der Waals surface area contributed by atoms with Gasteiger partial charge < -0.3 is 4.74 Å². The molecule has 0 aromatic heterocycles. The molecule has 0 spiro atoms. The second kappa shape index (κ2) is 7.87. The third-order valence-electron chi connectivity index (χ3n) is 4.27. The number of hydrogen-bond donors (Lipinski definition) is 0. The summed E-state index contributed by atoms with van der Waals surface area (Å²) in [4.78, 5) is 15.1. The number of benzene rings is 2. The van der Waals surface area contributed by atoms with Crippen LogP contribution in [-0.4, -0.2) is 16.8 Å². The first-order valence-corrected chi connectivity index (χ1v) is 10.1. The van der Waals surface area contributed by atoms with Crippen LogP contribution in [0.4, 0.5) is 5.69 Å². The molecule has 0 radical (unpaired) electrons. The Balaban J connectivity index is 1.82. The maximum atomic E-state index is 12.9. The van der Waals surface area contributed by atoms with Crippen LogP contribution in [0.5, 0.6) is 5.75 Å². The van der Waals surface area contributed by atoms with Gasteiger partial charge in [0.15, 0.2) is 4.32 Å². The summed E-state index contributed by atoms with van der Waals surface area (Å²) < 4.78 is 6.00. The van der Waals surface area contributed by atoms with Gasteiger partial charge in [-0.15, -0.1) is 0 Å². The van der Waals surface area contributed by atoms with Crippen LogP contribution >= 0.6 is 24.0 Å². The Morgan fingerprint density at radius 2 is 1.70 bits per heavy atom. The van der Waals surface area contributed by atoms with Crippen LogP contribution in [0.1, 0.15) is 38.8 Å². The van der Waals surface area contributed by atoms with Crippen molar-refractivity contribution in [2.75, 3.05) is 11.5 Å². The van der Waals surface area contributed by atoms with Crippen molar-refractivity contribution in [3.8, 4) is 5.75 Å². The van der Waals surface area contributed by atoms with Crippen LogP contribution in [0, 0.1) is 0 Å². The monoisotopic (exact) mass is 397 g/mol. The molecule has 27 heavy (non-hydrogen) atoms. The largest absolute Gasteiger partial charge is 0.494 e. The first kappa shape index (κ1) is 19.6. The van der Waals surface area contributed by atoms with Crippen molar-refractivity contribution < 1.29 is 9.53 Å². The van der Waals surface area contributed by atoms with Crippen LogP contribution in [0.15, 0.2) is 53.4 Å². The zero-order valence-electron chi connectivity index (χ0n) is 16.0. The van der Waals surface area contributed by atoms with Gasteiger partial charge in [-0.1, -0.05) is 69.0 Å². The lowest BCUT2D eigenvalue weighted by atomic mass is 9.87. The number of amides is 1. The molecule has 140 valence electrons. The van der Waals surface area contributed by atoms with E-state index in [9.17, 15) is 4.79 Å². The zero-order valence-corrected chi connectivity index (χ0v) is 17.6. The van der Waals surface area contributed by atoms with Crippen molar-refractivity contribution in [3.05, 3.63) is 64.6 Å². The zero-order chi connectivity index (χ0) is 19.6. The normalized spacial score (nSPS) is 16.3. The van der Waals surface area contributed by atoms with Gasteiger partial charge in [-0.05, 0) is 53.8 Å². The molecule has 1 saturated heterocycles. The number of thiocarbonyl (C=S) groups is 1. The number of ether oxygens (including phenoxy) is 1. The summed E-state index contributed by atoms with van der Waals surface area (Å²) in [5.74, 6) is 0.690. The van der Waals surface area contributed by atoms with E-state index in [-0.39, 0.29) is 11.3 Å². The lowest BCUT2D eigenvalue weighted by Crippen LogP contribution is -2.27. The number of thioether (sulfide) groups is 1. The van der Waals surface area contributed by atoms with Gasteiger partial charge in [0.2, 0.25) is 0 Å².